The molecular formula is C18H28N6O2. The third kappa shape index (κ3) is 3.09. The highest BCUT2D eigenvalue weighted by atomic mass is 16.2. The molecule has 26 heavy (non-hydrogen) atoms. The molecule has 2 aromatic rings. The van der Waals surface area contributed by atoms with Gasteiger partial charge in [-0.1, -0.05) is 11.6 Å². The predicted octanol–water partition coefficient (Wildman–Crippen LogP) is 0.588. The zero-order valence-corrected chi connectivity index (χ0v) is 16.2. The topological polar surface area (TPSA) is 77.1 Å². The third-order valence-corrected chi connectivity index (χ3v) is 5.12. The maximum atomic E-state index is 12.8. The SMILES string of the molecule is CNC1CCCN(c2nc3c(c(=O)n(C)c(=O)n3C)n2CC=C(C)C)C1. The summed E-state index contributed by atoms with van der Waals surface area (Å²) in [6.45, 7) is 6.35. The van der Waals surface area contributed by atoms with Crippen molar-refractivity contribution in [2.45, 2.75) is 39.3 Å². The average molecular weight is 360 g/mol. The second-order valence-electron chi connectivity index (χ2n) is 7.26. The number of rotatable bonds is 4. The lowest BCUT2D eigenvalue weighted by atomic mass is 10.1. The van der Waals surface area contributed by atoms with E-state index in [1.54, 1.807) is 7.05 Å². The summed E-state index contributed by atoms with van der Waals surface area (Å²) in [6, 6.07) is 0.395. The van der Waals surface area contributed by atoms with Crippen LogP contribution < -0.4 is 21.5 Å². The van der Waals surface area contributed by atoms with Gasteiger partial charge in [-0.3, -0.25) is 13.9 Å². The first kappa shape index (κ1) is 18.4. The Labute approximate surface area is 152 Å². The monoisotopic (exact) mass is 360 g/mol. The van der Waals surface area contributed by atoms with E-state index in [0.717, 1.165) is 36.4 Å². The van der Waals surface area contributed by atoms with Gasteiger partial charge in [0.2, 0.25) is 5.95 Å². The van der Waals surface area contributed by atoms with Gasteiger partial charge < -0.3 is 14.8 Å². The molecule has 0 aromatic carbocycles. The molecular weight excluding hydrogens is 332 g/mol. The van der Waals surface area contributed by atoms with Crippen molar-refractivity contribution < 1.29 is 0 Å². The molecule has 1 aliphatic rings. The number of fused-ring (bicyclic) bond motifs is 1. The molecule has 1 atom stereocenters. The average Bonchev–Trinajstić information content (AvgIpc) is 3.02. The smallest absolute Gasteiger partial charge is 0.332 e. The van der Waals surface area contributed by atoms with E-state index in [9.17, 15) is 9.59 Å². The lowest BCUT2D eigenvalue weighted by Gasteiger charge is -2.33. The summed E-state index contributed by atoms with van der Waals surface area (Å²) in [4.78, 5) is 32.1. The summed E-state index contributed by atoms with van der Waals surface area (Å²) < 4.78 is 4.56. The number of nitrogens with zero attached hydrogens (tertiary/aromatic N) is 5. The number of hydrogen-bond donors (Lipinski definition) is 1. The molecule has 1 unspecified atom stereocenters. The molecule has 0 spiro atoms. The summed E-state index contributed by atoms with van der Waals surface area (Å²) >= 11 is 0. The lowest BCUT2D eigenvalue weighted by molar-refractivity contribution is 0.443. The molecule has 0 amide bonds. The number of nitrogens with one attached hydrogen (secondary N) is 1. The quantitative estimate of drug-likeness (QED) is 0.808. The summed E-state index contributed by atoms with van der Waals surface area (Å²) in [5.74, 6) is 0.760. The van der Waals surface area contributed by atoms with Crippen LogP contribution in [0.1, 0.15) is 26.7 Å². The molecule has 1 N–H and O–H groups in total. The van der Waals surface area contributed by atoms with Crippen molar-refractivity contribution in [1.82, 2.24) is 24.0 Å². The highest BCUT2D eigenvalue weighted by Gasteiger charge is 2.26. The standard InChI is InChI=1S/C18H28N6O2/c1-12(2)8-10-24-14-15(21(4)18(26)22(5)16(14)25)20-17(24)23-9-6-7-13(11-23)19-3/h8,13,19H,6-7,9-11H2,1-5H3. The van der Waals surface area contributed by atoms with Gasteiger partial charge in [0.1, 0.15) is 0 Å². The molecule has 0 bridgehead atoms. The molecule has 8 nitrogen and oxygen atoms in total. The Morgan fingerprint density at radius 2 is 2.00 bits per heavy atom. The van der Waals surface area contributed by atoms with Crippen molar-refractivity contribution in [1.29, 1.82) is 0 Å². The second kappa shape index (κ2) is 7.11. The van der Waals surface area contributed by atoms with Crippen LogP contribution in [0.4, 0.5) is 5.95 Å². The van der Waals surface area contributed by atoms with Crippen LogP contribution in [-0.4, -0.2) is 44.9 Å². The minimum absolute atomic E-state index is 0.300. The van der Waals surface area contributed by atoms with Gasteiger partial charge in [0.05, 0.1) is 0 Å². The number of hydrogen-bond acceptors (Lipinski definition) is 5. The highest BCUT2D eigenvalue weighted by molar-refractivity contribution is 5.74. The number of anilines is 1. The number of aromatic nitrogens is 4. The molecule has 3 heterocycles. The molecule has 0 radical (unpaired) electrons. The highest BCUT2D eigenvalue weighted by Crippen LogP contribution is 2.23. The van der Waals surface area contributed by atoms with Crippen molar-refractivity contribution in [2.24, 2.45) is 14.1 Å². The van der Waals surface area contributed by atoms with Crippen LogP contribution in [0.15, 0.2) is 21.2 Å². The normalized spacial score (nSPS) is 17.7. The number of likely N-dealkylation sites (N-methyl/N-ethyl adjacent to an activating group) is 1. The fourth-order valence-corrected chi connectivity index (χ4v) is 3.52. The van der Waals surface area contributed by atoms with E-state index in [1.165, 1.54) is 17.2 Å². The van der Waals surface area contributed by atoms with Crippen LogP contribution in [0.25, 0.3) is 11.2 Å². The number of piperidine rings is 1. The van der Waals surface area contributed by atoms with Gasteiger partial charge >= 0.3 is 5.69 Å². The molecule has 8 heteroatoms. The van der Waals surface area contributed by atoms with Crippen LogP contribution in [0, 0.1) is 0 Å². The fourth-order valence-electron chi connectivity index (χ4n) is 3.52. The minimum atomic E-state index is -0.354. The van der Waals surface area contributed by atoms with E-state index < -0.39 is 0 Å². The summed E-state index contributed by atoms with van der Waals surface area (Å²) in [6.07, 6.45) is 4.27. The molecule has 1 saturated heterocycles. The van der Waals surface area contributed by atoms with E-state index in [0.29, 0.717) is 23.8 Å². The zero-order chi connectivity index (χ0) is 19.0. The van der Waals surface area contributed by atoms with Crippen LogP contribution in [0.3, 0.4) is 0 Å². The van der Waals surface area contributed by atoms with Crippen LogP contribution in [0.5, 0.6) is 0 Å². The fraction of sp³-hybridized carbons (Fsp3) is 0.611. The minimum Gasteiger partial charge on any atom is -0.341 e. The van der Waals surface area contributed by atoms with Gasteiger partial charge in [-0.25, -0.2) is 4.79 Å². The molecule has 142 valence electrons. The molecule has 2 aromatic heterocycles. The van der Waals surface area contributed by atoms with Crippen molar-refractivity contribution in [3.63, 3.8) is 0 Å². The maximum absolute atomic E-state index is 12.8. The Morgan fingerprint density at radius 1 is 1.27 bits per heavy atom. The Kier molecular flexibility index (Phi) is 5.04. The van der Waals surface area contributed by atoms with E-state index in [1.807, 2.05) is 25.5 Å². The van der Waals surface area contributed by atoms with Gasteiger partial charge in [-0.05, 0) is 33.7 Å². The first-order valence-electron chi connectivity index (χ1n) is 9.07. The van der Waals surface area contributed by atoms with E-state index >= 15 is 0 Å². The summed E-state index contributed by atoms with van der Waals surface area (Å²) in [5.41, 5.74) is 1.44. The molecule has 3 rings (SSSR count). The summed E-state index contributed by atoms with van der Waals surface area (Å²) in [7, 11) is 5.15. The van der Waals surface area contributed by atoms with Gasteiger partial charge in [0.25, 0.3) is 5.56 Å². The Bertz CT molecular complexity index is 961. The summed E-state index contributed by atoms with van der Waals surface area (Å²) in [5, 5.41) is 3.34. The van der Waals surface area contributed by atoms with E-state index in [2.05, 4.69) is 16.3 Å². The van der Waals surface area contributed by atoms with Gasteiger partial charge in [0, 0.05) is 39.8 Å². The van der Waals surface area contributed by atoms with Crippen LogP contribution in [-0.2, 0) is 20.6 Å². The van der Waals surface area contributed by atoms with Crippen molar-refractivity contribution in [2.75, 3.05) is 25.0 Å². The Hall–Kier alpha value is -2.35. The molecule has 1 aliphatic heterocycles. The number of imidazole rings is 1. The Balaban J connectivity index is 2.24. The van der Waals surface area contributed by atoms with E-state index in [4.69, 9.17) is 4.98 Å². The second-order valence-corrected chi connectivity index (χ2v) is 7.26. The van der Waals surface area contributed by atoms with Crippen molar-refractivity contribution in [3.8, 4) is 0 Å². The van der Waals surface area contributed by atoms with Crippen LogP contribution >= 0.6 is 0 Å². The predicted molar refractivity (Wildman–Crippen MR) is 104 cm³/mol. The molecule has 0 aliphatic carbocycles. The van der Waals surface area contributed by atoms with Crippen LogP contribution in [0.2, 0.25) is 0 Å². The molecule has 1 fully saturated rings. The number of aryl methyl sites for hydroxylation is 1. The first-order valence-corrected chi connectivity index (χ1v) is 9.07. The molecule has 0 saturated carbocycles. The van der Waals surface area contributed by atoms with Crippen molar-refractivity contribution >= 4 is 17.1 Å². The largest absolute Gasteiger partial charge is 0.341 e. The lowest BCUT2D eigenvalue weighted by Crippen LogP contribution is -2.45. The zero-order valence-electron chi connectivity index (χ0n) is 16.2. The van der Waals surface area contributed by atoms with Gasteiger partial charge in [-0.15, -0.1) is 0 Å². The number of allylic oxidation sites excluding steroid dienone is 2. The third-order valence-electron chi connectivity index (χ3n) is 5.12. The first-order chi connectivity index (χ1) is 12.3. The maximum Gasteiger partial charge on any atom is 0.332 e. The van der Waals surface area contributed by atoms with Gasteiger partial charge in [-0.2, -0.15) is 4.98 Å². The Morgan fingerprint density at radius 3 is 2.65 bits per heavy atom. The van der Waals surface area contributed by atoms with Crippen molar-refractivity contribution in [3.05, 3.63) is 32.5 Å². The van der Waals surface area contributed by atoms with Gasteiger partial charge in [0.15, 0.2) is 11.2 Å². The van der Waals surface area contributed by atoms with E-state index in [-0.39, 0.29) is 11.2 Å².